The van der Waals surface area contributed by atoms with E-state index in [-0.39, 0.29) is 29.1 Å². The number of aromatic nitrogens is 2. The molecule has 1 amide bonds. The predicted octanol–water partition coefficient (Wildman–Crippen LogP) is 1.75. The van der Waals surface area contributed by atoms with Crippen molar-refractivity contribution in [3.8, 4) is 0 Å². The first-order chi connectivity index (χ1) is 12.9. The van der Waals surface area contributed by atoms with E-state index < -0.39 is 9.84 Å². The second-order valence-corrected chi connectivity index (χ2v) is 9.04. The number of nitrogens with zero attached hydrogens (tertiary/aromatic N) is 2. The van der Waals surface area contributed by atoms with Crippen LogP contribution in [0.3, 0.4) is 0 Å². The first kappa shape index (κ1) is 19.3. The van der Waals surface area contributed by atoms with E-state index in [0.717, 1.165) is 12.8 Å². The summed E-state index contributed by atoms with van der Waals surface area (Å²) < 4.78 is 23.2. The van der Waals surface area contributed by atoms with E-state index in [1.165, 1.54) is 5.56 Å². The molecule has 2 N–H and O–H groups in total. The minimum Gasteiger partial charge on any atom is -0.351 e. The molecule has 1 aliphatic rings. The average molecular weight is 388 g/mol. The lowest BCUT2D eigenvalue weighted by Gasteiger charge is -2.12. The maximum atomic E-state index is 12.4. The summed E-state index contributed by atoms with van der Waals surface area (Å²) in [6, 6.07) is 11.5. The number of hydrogen-bond acceptors (Lipinski definition) is 6. The van der Waals surface area contributed by atoms with Crippen LogP contribution in [0.1, 0.15) is 34.6 Å². The van der Waals surface area contributed by atoms with Gasteiger partial charge in [-0.15, -0.1) is 0 Å². The van der Waals surface area contributed by atoms with Crippen LogP contribution in [-0.2, 0) is 16.3 Å². The fourth-order valence-electron chi connectivity index (χ4n) is 3.07. The second-order valence-electron chi connectivity index (χ2n) is 6.81. The van der Waals surface area contributed by atoms with Crippen LogP contribution in [0, 0.1) is 6.92 Å². The molecule has 0 bridgehead atoms. The van der Waals surface area contributed by atoms with Gasteiger partial charge in [0.25, 0.3) is 5.91 Å². The summed E-state index contributed by atoms with van der Waals surface area (Å²) in [6.07, 6.45) is 2.26. The Bertz CT molecular complexity index is 900. The van der Waals surface area contributed by atoms with Crippen molar-refractivity contribution in [2.75, 3.05) is 23.4 Å². The van der Waals surface area contributed by atoms with Gasteiger partial charge in [-0.05, 0) is 37.8 Å². The summed E-state index contributed by atoms with van der Waals surface area (Å²) in [4.78, 5) is 20.9. The Morgan fingerprint density at radius 1 is 1.22 bits per heavy atom. The zero-order valence-corrected chi connectivity index (χ0v) is 16.1. The highest BCUT2D eigenvalue weighted by Gasteiger charge is 2.28. The molecule has 144 valence electrons. The van der Waals surface area contributed by atoms with Crippen molar-refractivity contribution < 1.29 is 13.2 Å². The molecule has 27 heavy (non-hydrogen) atoms. The van der Waals surface area contributed by atoms with Gasteiger partial charge in [0, 0.05) is 18.3 Å². The first-order valence-electron chi connectivity index (χ1n) is 9.06. The SMILES string of the molecule is Cc1cc(C(=O)NCCCc2ccccc2)nc(NC2CCS(=O)(=O)C2)n1. The summed E-state index contributed by atoms with van der Waals surface area (Å²) >= 11 is 0. The third-order valence-corrected chi connectivity index (χ3v) is 6.19. The van der Waals surface area contributed by atoms with Crippen LogP contribution in [0.4, 0.5) is 5.95 Å². The molecule has 1 aromatic heterocycles. The topological polar surface area (TPSA) is 101 Å². The van der Waals surface area contributed by atoms with Crippen LogP contribution in [0.2, 0.25) is 0 Å². The average Bonchev–Trinajstić information content (AvgIpc) is 2.97. The van der Waals surface area contributed by atoms with Crippen molar-refractivity contribution >= 4 is 21.7 Å². The lowest BCUT2D eigenvalue weighted by Crippen LogP contribution is -2.27. The van der Waals surface area contributed by atoms with Gasteiger partial charge in [-0.3, -0.25) is 4.79 Å². The number of benzene rings is 1. The lowest BCUT2D eigenvalue weighted by atomic mass is 10.1. The third kappa shape index (κ3) is 5.75. The smallest absolute Gasteiger partial charge is 0.270 e. The van der Waals surface area contributed by atoms with Gasteiger partial charge in [-0.25, -0.2) is 18.4 Å². The van der Waals surface area contributed by atoms with Crippen LogP contribution < -0.4 is 10.6 Å². The van der Waals surface area contributed by atoms with Gasteiger partial charge in [0.1, 0.15) is 5.69 Å². The quantitative estimate of drug-likeness (QED) is 0.701. The molecule has 0 spiro atoms. The van der Waals surface area contributed by atoms with Crippen molar-refractivity contribution in [2.45, 2.75) is 32.2 Å². The van der Waals surface area contributed by atoms with Crippen molar-refractivity contribution in [3.63, 3.8) is 0 Å². The third-order valence-electron chi connectivity index (χ3n) is 4.42. The highest BCUT2D eigenvalue weighted by molar-refractivity contribution is 7.91. The second kappa shape index (κ2) is 8.47. The molecule has 1 atom stereocenters. The zero-order valence-electron chi connectivity index (χ0n) is 15.3. The lowest BCUT2D eigenvalue weighted by molar-refractivity contribution is 0.0948. The van der Waals surface area contributed by atoms with E-state index in [0.29, 0.717) is 24.6 Å². The number of carbonyl (C=O) groups excluding carboxylic acids is 1. The molecule has 1 fully saturated rings. The molecule has 0 radical (unpaired) electrons. The van der Waals surface area contributed by atoms with Crippen molar-refractivity contribution in [1.29, 1.82) is 0 Å². The summed E-state index contributed by atoms with van der Waals surface area (Å²) in [7, 11) is -2.99. The van der Waals surface area contributed by atoms with Crippen LogP contribution in [0.25, 0.3) is 0 Å². The molecule has 8 heteroatoms. The number of amides is 1. The minimum absolute atomic E-state index is 0.0747. The largest absolute Gasteiger partial charge is 0.351 e. The van der Waals surface area contributed by atoms with Crippen molar-refractivity contribution in [1.82, 2.24) is 15.3 Å². The van der Waals surface area contributed by atoms with Crippen LogP contribution in [0.5, 0.6) is 0 Å². The minimum atomic E-state index is -2.99. The van der Waals surface area contributed by atoms with Gasteiger partial charge in [0.2, 0.25) is 5.95 Å². The maximum absolute atomic E-state index is 12.4. The van der Waals surface area contributed by atoms with Gasteiger partial charge >= 0.3 is 0 Å². The predicted molar refractivity (Wildman–Crippen MR) is 105 cm³/mol. The van der Waals surface area contributed by atoms with E-state index >= 15 is 0 Å². The molecule has 0 saturated carbocycles. The molecule has 0 aliphatic carbocycles. The maximum Gasteiger partial charge on any atom is 0.270 e. The number of nitrogens with one attached hydrogen (secondary N) is 2. The Hall–Kier alpha value is -2.48. The number of anilines is 1. The summed E-state index contributed by atoms with van der Waals surface area (Å²) in [5.74, 6) is 0.290. The highest BCUT2D eigenvalue weighted by atomic mass is 32.2. The monoisotopic (exact) mass is 388 g/mol. The normalized spacial score (nSPS) is 18.2. The molecular weight excluding hydrogens is 364 g/mol. The molecular formula is C19H24N4O3S. The van der Waals surface area contributed by atoms with Gasteiger partial charge < -0.3 is 10.6 Å². The molecule has 2 aromatic rings. The van der Waals surface area contributed by atoms with Crippen LogP contribution in [0.15, 0.2) is 36.4 Å². The highest BCUT2D eigenvalue weighted by Crippen LogP contribution is 2.16. The van der Waals surface area contributed by atoms with E-state index in [1.807, 2.05) is 18.2 Å². The van der Waals surface area contributed by atoms with E-state index in [9.17, 15) is 13.2 Å². The molecule has 2 heterocycles. The van der Waals surface area contributed by atoms with Crippen LogP contribution >= 0.6 is 0 Å². The van der Waals surface area contributed by atoms with Gasteiger partial charge in [0.05, 0.1) is 11.5 Å². The Morgan fingerprint density at radius 3 is 2.70 bits per heavy atom. The van der Waals surface area contributed by atoms with Crippen molar-refractivity contribution in [3.05, 3.63) is 53.3 Å². The Balaban J connectivity index is 1.54. The van der Waals surface area contributed by atoms with E-state index in [1.54, 1.807) is 13.0 Å². The van der Waals surface area contributed by atoms with Gasteiger partial charge in [0.15, 0.2) is 9.84 Å². The van der Waals surface area contributed by atoms with Crippen molar-refractivity contribution in [2.24, 2.45) is 0 Å². The zero-order chi connectivity index (χ0) is 19.3. The number of hydrogen-bond donors (Lipinski definition) is 2. The molecule has 1 saturated heterocycles. The Kier molecular flexibility index (Phi) is 6.05. The molecule has 3 rings (SSSR count). The van der Waals surface area contributed by atoms with E-state index in [2.05, 4.69) is 32.7 Å². The fourth-order valence-corrected chi connectivity index (χ4v) is 4.74. The molecule has 1 unspecified atom stereocenters. The van der Waals surface area contributed by atoms with Gasteiger partial charge in [-0.2, -0.15) is 0 Å². The molecule has 7 nitrogen and oxygen atoms in total. The molecule has 1 aliphatic heterocycles. The Labute approximate surface area is 159 Å². The van der Waals surface area contributed by atoms with Crippen LogP contribution in [-0.4, -0.2) is 48.4 Å². The Morgan fingerprint density at radius 2 is 2.00 bits per heavy atom. The number of rotatable bonds is 7. The molecule has 1 aromatic carbocycles. The number of sulfone groups is 1. The van der Waals surface area contributed by atoms with Gasteiger partial charge in [-0.1, -0.05) is 30.3 Å². The summed E-state index contributed by atoms with van der Waals surface area (Å²) in [5, 5.41) is 5.92. The summed E-state index contributed by atoms with van der Waals surface area (Å²) in [6.45, 7) is 2.34. The number of aryl methyl sites for hydroxylation is 2. The summed E-state index contributed by atoms with van der Waals surface area (Å²) in [5.41, 5.74) is 2.18. The van der Waals surface area contributed by atoms with E-state index in [4.69, 9.17) is 0 Å². The first-order valence-corrected chi connectivity index (χ1v) is 10.9. The number of carbonyl (C=O) groups is 1. The standard InChI is InChI=1S/C19H24N4O3S/c1-14-12-17(18(24)20-10-5-8-15-6-3-2-4-7-15)23-19(21-14)22-16-9-11-27(25,26)13-16/h2-4,6-7,12,16H,5,8-11,13H2,1H3,(H,20,24)(H,21,22,23). The fraction of sp³-hybridized carbons (Fsp3) is 0.421.